The first-order chi connectivity index (χ1) is 14.7. The molecule has 0 spiro atoms. The van der Waals surface area contributed by atoms with Crippen LogP contribution in [0, 0.1) is 5.92 Å². The number of anilines is 1. The summed E-state index contributed by atoms with van der Waals surface area (Å²) in [7, 11) is 0. The van der Waals surface area contributed by atoms with Crippen molar-refractivity contribution < 1.29 is 13.2 Å². The highest BCUT2D eigenvalue weighted by Crippen LogP contribution is 2.30. The Balaban J connectivity index is 0.00000212. The lowest BCUT2D eigenvalue weighted by molar-refractivity contribution is -0.0878. The molecule has 1 unspecified atom stereocenters. The highest BCUT2D eigenvalue weighted by Gasteiger charge is 2.31. The van der Waals surface area contributed by atoms with Gasteiger partial charge in [-0.25, -0.2) is 0 Å². The van der Waals surface area contributed by atoms with Gasteiger partial charge < -0.3 is 10.6 Å². The van der Waals surface area contributed by atoms with Gasteiger partial charge >= 0.3 is 6.18 Å². The molecule has 0 bridgehead atoms. The van der Waals surface area contributed by atoms with Gasteiger partial charge in [-0.05, 0) is 54.2 Å². The van der Waals surface area contributed by atoms with Crippen molar-refractivity contribution in [3.8, 4) is 0 Å². The molecule has 0 aromatic carbocycles. The van der Waals surface area contributed by atoms with E-state index in [4.69, 9.17) is 0 Å². The Bertz CT molecular complexity index is 744. The molecule has 1 aromatic rings. The van der Waals surface area contributed by atoms with Gasteiger partial charge in [-0.3, -0.25) is 4.98 Å². The average molecular weight is 545 g/mol. The van der Waals surface area contributed by atoms with Crippen molar-refractivity contribution in [3.63, 3.8) is 0 Å². The van der Waals surface area contributed by atoms with Gasteiger partial charge in [0, 0.05) is 30.2 Å². The molecule has 1 aliphatic rings. The predicted octanol–water partition coefficient (Wildman–Crippen LogP) is 6.92. The molecule has 1 atom stereocenters. The summed E-state index contributed by atoms with van der Waals surface area (Å²) in [4.78, 5) is 4.10. The Labute approximate surface area is 199 Å². The minimum absolute atomic E-state index is 0.0268. The summed E-state index contributed by atoms with van der Waals surface area (Å²) in [5.74, 6) is -0.109. The number of piperidine rings is 1. The lowest BCUT2D eigenvalue weighted by Crippen LogP contribution is -2.36. The molecule has 2 N–H and O–H groups in total. The van der Waals surface area contributed by atoms with E-state index in [0.29, 0.717) is 11.1 Å². The second-order valence-electron chi connectivity index (χ2n) is 6.91. The van der Waals surface area contributed by atoms with E-state index in [1.807, 2.05) is 45.9 Å². The van der Waals surface area contributed by atoms with Gasteiger partial charge in [0.05, 0.1) is 11.7 Å². The van der Waals surface area contributed by atoms with Gasteiger partial charge in [-0.15, -0.1) is 0 Å². The van der Waals surface area contributed by atoms with Gasteiger partial charge in [0.25, 0.3) is 0 Å². The molecule has 1 saturated heterocycles. The number of rotatable bonds is 6. The van der Waals surface area contributed by atoms with E-state index in [-0.39, 0.29) is 12.0 Å². The highest BCUT2D eigenvalue weighted by molar-refractivity contribution is 14.1. The Morgan fingerprint density at radius 2 is 1.97 bits per heavy atom. The first kappa shape index (κ1) is 29.3. The molecule has 170 valence electrons. The topological polar surface area (TPSA) is 37.0 Å². The van der Waals surface area contributed by atoms with Crippen LogP contribution in [0.3, 0.4) is 0 Å². The van der Waals surface area contributed by atoms with Crippen molar-refractivity contribution in [1.82, 2.24) is 10.3 Å². The lowest BCUT2D eigenvalue weighted by atomic mass is 9.91. The molecule has 2 rings (SSSR count). The largest absolute Gasteiger partial charge is 0.415 e. The standard InChI is InChI=1S/C21H26F3N3.C2H6.BI/c1-14(2)18(12-16(4)21(22,23)24)15(3)11-20-19(8-6-10-26-20)27-17-7-5-9-25-13-17;2*1-2/h5,7,9,11-14,19,26-27H,3-4,6,8,10H2,1-2H3;1-2H3;/b18-12+,20-11-;;. The number of aromatic nitrogens is 1. The maximum atomic E-state index is 12.9. The predicted molar refractivity (Wildman–Crippen MR) is 135 cm³/mol. The second-order valence-corrected chi connectivity index (χ2v) is 6.91. The van der Waals surface area contributed by atoms with Crippen LogP contribution < -0.4 is 10.6 Å². The molecule has 0 saturated carbocycles. The molecule has 3 nitrogen and oxygen atoms in total. The smallest absolute Gasteiger partial charge is 0.387 e. The monoisotopic (exact) mass is 545 g/mol. The summed E-state index contributed by atoms with van der Waals surface area (Å²) in [6.07, 6.45) is 3.85. The summed E-state index contributed by atoms with van der Waals surface area (Å²) < 4.78 is 38.6. The van der Waals surface area contributed by atoms with Crippen LogP contribution in [0.1, 0.15) is 40.5 Å². The van der Waals surface area contributed by atoms with Crippen molar-refractivity contribution in [3.05, 3.63) is 72.3 Å². The van der Waals surface area contributed by atoms with E-state index in [2.05, 4.69) is 34.5 Å². The van der Waals surface area contributed by atoms with Gasteiger partial charge in [0.15, 0.2) is 5.70 Å². The van der Waals surface area contributed by atoms with Gasteiger partial charge in [0.2, 0.25) is 0 Å². The first-order valence-electron chi connectivity index (χ1n) is 10.2. The van der Waals surface area contributed by atoms with Crippen LogP contribution in [0.4, 0.5) is 18.9 Å². The molecule has 1 aromatic heterocycles. The van der Waals surface area contributed by atoms with E-state index in [1.165, 1.54) is 0 Å². The third-order valence-electron chi connectivity index (χ3n) is 4.39. The zero-order valence-electron chi connectivity index (χ0n) is 18.7. The number of pyridine rings is 1. The lowest BCUT2D eigenvalue weighted by Gasteiger charge is -2.29. The molecular formula is C23H32BF3IN3. The Hall–Kier alpha value is -1.71. The number of halogens is 4. The number of hydrogen-bond acceptors (Lipinski definition) is 3. The minimum atomic E-state index is -4.44. The van der Waals surface area contributed by atoms with Crippen molar-refractivity contribution in [2.45, 2.75) is 52.8 Å². The fraction of sp³-hybridized carbons (Fsp3) is 0.435. The number of alkyl halides is 3. The van der Waals surface area contributed by atoms with Crippen molar-refractivity contribution in [2.75, 3.05) is 11.9 Å². The van der Waals surface area contributed by atoms with Crippen LogP contribution in [-0.2, 0) is 0 Å². The third kappa shape index (κ3) is 10.4. The third-order valence-corrected chi connectivity index (χ3v) is 4.39. The van der Waals surface area contributed by atoms with E-state index < -0.39 is 11.7 Å². The molecular weight excluding hydrogens is 513 g/mol. The molecule has 0 aliphatic carbocycles. The Kier molecular flexibility index (Phi) is 14.3. The molecule has 1 aliphatic heterocycles. The molecule has 31 heavy (non-hydrogen) atoms. The molecule has 0 amide bonds. The SMILES string of the molecule is C=C(/C=C1\NCCCC1Nc1cccnc1)/C(=C/C(=C)C(F)(F)F)C(C)C.CC.[B]I. The van der Waals surface area contributed by atoms with Crippen LogP contribution in [0.5, 0.6) is 0 Å². The zero-order valence-corrected chi connectivity index (χ0v) is 20.8. The summed E-state index contributed by atoms with van der Waals surface area (Å²) in [6, 6.07) is 3.81. The molecule has 2 radical (unpaired) electrons. The molecule has 1 fully saturated rings. The Morgan fingerprint density at radius 1 is 1.32 bits per heavy atom. The zero-order chi connectivity index (χ0) is 24.0. The van der Waals surface area contributed by atoms with Gasteiger partial charge in [-0.1, -0.05) is 40.9 Å². The summed E-state index contributed by atoms with van der Waals surface area (Å²) >= 11 is 1.65. The number of nitrogens with zero attached hydrogens (tertiary/aromatic N) is 1. The van der Waals surface area contributed by atoms with Crippen LogP contribution >= 0.6 is 22.4 Å². The molecule has 8 heteroatoms. The first-order valence-corrected chi connectivity index (χ1v) is 11.4. The van der Waals surface area contributed by atoms with Crippen molar-refractivity contribution in [2.24, 2.45) is 5.92 Å². The fourth-order valence-corrected chi connectivity index (χ4v) is 2.94. The summed E-state index contributed by atoms with van der Waals surface area (Å²) in [5, 5.41) is 6.76. The van der Waals surface area contributed by atoms with Crippen molar-refractivity contribution in [1.29, 1.82) is 0 Å². The van der Waals surface area contributed by atoms with Gasteiger partial charge in [0.1, 0.15) is 0 Å². The summed E-state index contributed by atoms with van der Waals surface area (Å²) in [5.41, 5.74) is 6.49. The van der Waals surface area contributed by atoms with Crippen LogP contribution in [0.15, 0.2) is 72.3 Å². The number of nitrogens with one attached hydrogen (secondary N) is 2. The summed E-state index contributed by atoms with van der Waals surface area (Å²) in [6.45, 7) is 15.7. The molecule has 2 heterocycles. The quantitative estimate of drug-likeness (QED) is 0.232. The van der Waals surface area contributed by atoms with Gasteiger partial charge in [-0.2, -0.15) is 35.5 Å². The van der Waals surface area contributed by atoms with Crippen LogP contribution in [0.25, 0.3) is 0 Å². The Morgan fingerprint density at radius 3 is 2.48 bits per heavy atom. The highest BCUT2D eigenvalue weighted by atomic mass is 127. The fourth-order valence-electron chi connectivity index (χ4n) is 2.94. The minimum Gasteiger partial charge on any atom is -0.387 e. The van der Waals surface area contributed by atoms with E-state index in [0.717, 1.165) is 36.8 Å². The normalized spacial score (nSPS) is 17.5. The van der Waals surface area contributed by atoms with Crippen LogP contribution in [0.2, 0.25) is 0 Å². The maximum absolute atomic E-state index is 12.9. The second kappa shape index (κ2) is 15.2. The van der Waals surface area contributed by atoms with E-state index in [9.17, 15) is 13.2 Å². The van der Waals surface area contributed by atoms with Crippen LogP contribution in [-0.4, -0.2) is 29.4 Å². The number of allylic oxidation sites excluding steroid dienone is 5. The average Bonchev–Trinajstić information content (AvgIpc) is 2.75. The van der Waals surface area contributed by atoms with E-state index in [1.54, 1.807) is 34.8 Å². The number of hydrogen-bond donors (Lipinski definition) is 2. The maximum Gasteiger partial charge on any atom is 0.415 e. The van der Waals surface area contributed by atoms with Crippen molar-refractivity contribution >= 4 is 33.8 Å². The van der Waals surface area contributed by atoms with E-state index >= 15 is 0 Å².